The van der Waals surface area contributed by atoms with Crippen LogP contribution in [-0.4, -0.2) is 51.0 Å². The number of hydrogen-bond acceptors (Lipinski definition) is 5. The standard InChI is InChI=1S/C20H22F2N2O5S/c1-13-3-5-16(12-19(13)30(26,27)24-7-9-28-10-8-24)23-20(25)14(2)29-18-6-4-15(21)11-17(18)22/h3-6,11-12,14H,7-10H2,1-2H3,(H,23,25). The van der Waals surface area contributed by atoms with E-state index in [-0.39, 0.29) is 29.4 Å². The maximum absolute atomic E-state index is 13.7. The first-order chi connectivity index (χ1) is 14.2. The number of hydrogen-bond donors (Lipinski definition) is 1. The number of carbonyl (C=O) groups is 1. The lowest BCUT2D eigenvalue weighted by Gasteiger charge is -2.27. The van der Waals surface area contributed by atoms with Crippen LogP contribution in [0.3, 0.4) is 0 Å². The SMILES string of the molecule is Cc1ccc(NC(=O)C(C)Oc2ccc(F)cc2F)cc1S(=O)(=O)N1CCOCC1. The zero-order valence-electron chi connectivity index (χ0n) is 16.5. The van der Waals surface area contributed by atoms with Crippen molar-refractivity contribution in [2.45, 2.75) is 24.8 Å². The molecule has 0 bridgehead atoms. The number of morpholine rings is 1. The summed E-state index contributed by atoms with van der Waals surface area (Å²) in [4.78, 5) is 12.5. The van der Waals surface area contributed by atoms with Crippen LogP contribution >= 0.6 is 0 Å². The average Bonchev–Trinajstić information content (AvgIpc) is 2.72. The fourth-order valence-corrected chi connectivity index (χ4v) is 4.60. The van der Waals surface area contributed by atoms with Crippen molar-refractivity contribution in [1.82, 2.24) is 4.31 Å². The van der Waals surface area contributed by atoms with Crippen molar-refractivity contribution in [3.05, 3.63) is 53.6 Å². The van der Waals surface area contributed by atoms with Crippen LogP contribution in [0.4, 0.5) is 14.5 Å². The van der Waals surface area contributed by atoms with Gasteiger partial charge < -0.3 is 14.8 Å². The largest absolute Gasteiger partial charge is 0.478 e. The minimum atomic E-state index is -3.74. The Morgan fingerprint density at radius 1 is 1.17 bits per heavy atom. The predicted octanol–water partition coefficient (Wildman–Crippen LogP) is 2.70. The molecule has 0 aliphatic carbocycles. The first-order valence-electron chi connectivity index (χ1n) is 9.29. The number of sulfonamides is 1. The highest BCUT2D eigenvalue weighted by atomic mass is 32.2. The molecule has 1 unspecified atom stereocenters. The van der Waals surface area contributed by atoms with E-state index in [2.05, 4.69) is 5.32 Å². The third-order valence-corrected chi connectivity index (χ3v) is 6.65. The van der Waals surface area contributed by atoms with Crippen LogP contribution in [0.5, 0.6) is 5.75 Å². The Morgan fingerprint density at radius 2 is 1.87 bits per heavy atom. The summed E-state index contributed by atoms with van der Waals surface area (Å²) < 4.78 is 64.4. The molecule has 10 heteroatoms. The Labute approximate surface area is 173 Å². The summed E-state index contributed by atoms with van der Waals surface area (Å²) in [5.41, 5.74) is 0.796. The van der Waals surface area contributed by atoms with Crippen LogP contribution in [0.1, 0.15) is 12.5 Å². The second-order valence-electron chi connectivity index (χ2n) is 6.82. The fourth-order valence-electron chi connectivity index (χ4n) is 2.94. The quantitative estimate of drug-likeness (QED) is 0.747. The van der Waals surface area contributed by atoms with Crippen LogP contribution in [0.2, 0.25) is 0 Å². The molecule has 2 aromatic carbocycles. The van der Waals surface area contributed by atoms with Crippen molar-refractivity contribution < 1.29 is 31.5 Å². The third kappa shape index (κ3) is 4.94. The maximum Gasteiger partial charge on any atom is 0.265 e. The molecule has 1 amide bonds. The molecule has 0 aromatic heterocycles. The monoisotopic (exact) mass is 440 g/mol. The third-order valence-electron chi connectivity index (χ3n) is 4.61. The molecule has 0 spiro atoms. The molecule has 1 saturated heterocycles. The second kappa shape index (κ2) is 9.07. The molecule has 2 aromatic rings. The van der Waals surface area contributed by atoms with Gasteiger partial charge in [0.25, 0.3) is 5.91 Å². The lowest BCUT2D eigenvalue weighted by molar-refractivity contribution is -0.122. The van der Waals surface area contributed by atoms with Crippen LogP contribution in [0.15, 0.2) is 41.3 Å². The lowest BCUT2D eigenvalue weighted by Crippen LogP contribution is -2.40. The molecular weight excluding hydrogens is 418 g/mol. The van der Waals surface area contributed by atoms with E-state index in [1.807, 2.05) is 0 Å². The molecule has 1 heterocycles. The topological polar surface area (TPSA) is 84.9 Å². The Hall–Kier alpha value is -2.56. The van der Waals surface area contributed by atoms with E-state index in [4.69, 9.17) is 9.47 Å². The first kappa shape index (κ1) is 22.1. The minimum absolute atomic E-state index is 0.0837. The molecule has 0 radical (unpaired) electrons. The second-order valence-corrected chi connectivity index (χ2v) is 8.73. The first-order valence-corrected chi connectivity index (χ1v) is 10.7. The molecule has 1 aliphatic heterocycles. The molecular formula is C20H22F2N2O5S. The number of amides is 1. The van der Waals surface area contributed by atoms with Gasteiger partial charge in [0.2, 0.25) is 10.0 Å². The number of nitrogens with one attached hydrogen (secondary N) is 1. The summed E-state index contributed by atoms with van der Waals surface area (Å²) in [6, 6.07) is 7.30. The van der Waals surface area contributed by atoms with Gasteiger partial charge >= 0.3 is 0 Å². The number of aryl methyl sites for hydroxylation is 1. The molecule has 1 N–H and O–H groups in total. The molecule has 0 saturated carbocycles. The number of halogens is 2. The number of carbonyl (C=O) groups excluding carboxylic acids is 1. The van der Waals surface area contributed by atoms with Gasteiger partial charge in [0.15, 0.2) is 17.7 Å². The van der Waals surface area contributed by atoms with Crippen molar-refractivity contribution >= 4 is 21.6 Å². The van der Waals surface area contributed by atoms with Gasteiger partial charge in [-0.1, -0.05) is 6.07 Å². The lowest BCUT2D eigenvalue weighted by atomic mass is 10.2. The van der Waals surface area contributed by atoms with Gasteiger partial charge in [0.05, 0.1) is 18.1 Å². The molecule has 1 aliphatic rings. The Kier molecular flexibility index (Phi) is 6.69. The van der Waals surface area contributed by atoms with Gasteiger partial charge in [-0.05, 0) is 43.7 Å². The predicted molar refractivity (Wildman–Crippen MR) is 106 cm³/mol. The van der Waals surface area contributed by atoms with E-state index in [0.29, 0.717) is 24.8 Å². The van der Waals surface area contributed by atoms with Crippen molar-refractivity contribution in [3.63, 3.8) is 0 Å². The van der Waals surface area contributed by atoms with Crippen molar-refractivity contribution in [3.8, 4) is 5.75 Å². The highest BCUT2D eigenvalue weighted by molar-refractivity contribution is 7.89. The zero-order chi connectivity index (χ0) is 21.9. The molecule has 7 nitrogen and oxygen atoms in total. The molecule has 30 heavy (non-hydrogen) atoms. The van der Waals surface area contributed by atoms with Gasteiger partial charge in [-0.25, -0.2) is 17.2 Å². The van der Waals surface area contributed by atoms with Crippen molar-refractivity contribution in [2.75, 3.05) is 31.6 Å². The Bertz CT molecular complexity index is 1040. The minimum Gasteiger partial charge on any atom is -0.478 e. The maximum atomic E-state index is 13.7. The summed E-state index contributed by atoms with van der Waals surface area (Å²) in [5.74, 6) is -2.56. The average molecular weight is 440 g/mol. The van der Waals surface area contributed by atoms with E-state index in [9.17, 15) is 22.0 Å². The van der Waals surface area contributed by atoms with E-state index < -0.39 is 33.7 Å². The number of rotatable bonds is 6. The van der Waals surface area contributed by atoms with Crippen LogP contribution < -0.4 is 10.1 Å². The molecule has 1 atom stereocenters. The highest BCUT2D eigenvalue weighted by Gasteiger charge is 2.28. The normalized spacial score (nSPS) is 16.1. The zero-order valence-corrected chi connectivity index (χ0v) is 17.3. The summed E-state index contributed by atoms with van der Waals surface area (Å²) in [7, 11) is -3.74. The van der Waals surface area contributed by atoms with E-state index in [1.165, 1.54) is 17.3 Å². The Balaban J connectivity index is 1.75. The number of benzene rings is 2. The van der Waals surface area contributed by atoms with Crippen LogP contribution in [-0.2, 0) is 19.6 Å². The van der Waals surface area contributed by atoms with Crippen LogP contribution in [0, 0.1) is 18.6 Å². The van der Waals surface area contributed by atoms with Gasteiger partial charge in [-0.15, -0.1) is 0 Å². The Morgan fingerprint density at radius 3 is 2.53 bits per heavy atom. The van der Waals surface area contributed by atoms with Crippen molar-refractivity contribution in [2.24, 2.45) is 0 Å². The van der Waals surface area contributed by atoms with E-state index >= 15 is 0 Å². The van der Waals surface area contributed by atoms with E-state index in [1.54, 1.807) is 19.1 Å². The van der Waals surface area contributed by atoms with Gasteiger partial charge in [0, 0.05) is 24.8 Å². The summed E-state index contributed by atoms with van der Waals surface area (Å²) in [6.45, 7) is 4.23. The molecule has 3 rings (SSSR count). The highest BCUT2D eigenvalue weighted by Crippen LogP contribution is 2.25. The fraction of sp³-hybridized carbons (Fsp3) is 0.350. The summed E-state index contributed by atoms with van der Waals surface area (Å²) >= 11 is 0. The van der Waals surface area contributed by atoms with Gasteiger partial charge in [-0.3, -0.25) is 4.79 Å². The summed E-state index contributed by atoms with van der Waals surface area (Å²) in [6.07, 6.45) is -1.11. The van der Waals surface area contributed by atoms with Gasteiger partial charge in [-0.2, -0.15) is 4.31 Å². The number of ether oxygens (including phenoxy) is 2. The van der Waals surface area contributed by atoms with Crippen LogP contribution in [0.25, 0.3) is 0 Å². The van der Waals surface area contributed by atoms with Crippen molar-refractivity contribution in [1.29, 1.82) is 0 Å². The number of anilines is 1. The molecule has 1 fully saturated rings. The smallest absolute Gasteiger partial charge is 0.265 e. The summed E-state index contributed by atoms with van der Waals surface area (Å²) in [5, 5.41) is 2.57. The molecule has 162 valence electrons. The van der Waals surface area contributed by atoms with E-state index in [0.717, 1.165) is 12.1 Å². The van der Waals surface area contributed by atoms with Gasteiger partial charge in [0.1, 0.15) is 5.82 Å². The number of nitrogens with zero attached hydrogens (tertiary/aromatic N) is 1.